The van der Waals surface area contributed by atoms with Gasteiger partial charge in [-0.2, -0.15) is 5.26 Å². The van der Waals surface area contributed by atoms with Crippen molar-refractivity contribution in [3.8, 4) is 6.07 Å². The maximum Gasteiger partial charge on any atom is 0.224 e. The minimum atomic E-state index is 0.0875. The number of hydrogen-bond acceptors (Lipinski definition) is 4. The van der Waals surface area contributed by atoms with E-state index >= 15 is 0 Å². The Balaban J connectivity index is 1.74. The first kappa shape index (κ1) is 14.9. The lowest BCUT2D eigenvalue weighted by atomic mass is 10.2. The van der Waals surface area contributed by atoms with Gasteiger partial charge in [-0.1, -0.05) is 6.07 Å². The van der Waals surface area contributed by atoms with Crippen molar-refractivity contribution in [3.63, 3.8) is 0 Å². The molecule has 0 unspecified atom stereocenters. The summed E-state index contributed by atoms with van der Waals surface area (Å²) in [4.78, 5) is 26.1. The van der Waals surface area contributed by atoms with E-state index in [1.54, 1.807) is 28.0 Å². The van der Waals surface area contributed by atoms with Crippen LogP contribution in [0.3, 0.4) is 0 Å². The van der Waals surface area contributed by atoms with E-state index in [9.17, 15) is 9.59 Å². The normalized spacial score (nSPS) is 14.4. The molecular formula is C15H18N4O2. The number of hydrogen-bond donors (Lipinski definition) is 1. The monoisotopic (exact) mass is 286 g/mol. The summed E-state index contributed by atoms with van der Waals surface area (Å²) >= 11 is 0. The lowest BCUT2D eigenvalue weighted by Crippen LogP contribution is -2.48. The smallest absolute Gasteiger partial charge is 0.224 e. The molecule has 1 aliphatic heterocycles. The standard InChI is InChI=1S/C15H18N4O2/c16-11-13-2-1-3-14(10-13)17-5-4-15(21)19-8-6-18(12-20)7-9-19/h1-3,10,12,17H,4-9H2. The van der Waals surface area contributed by atoms with Crippen LogP contribution in [0.5, 0.6) is 0 Å². The fourth-order valence-electron chi connectivity index (χ4n) is 2.25. The quantitative estimate of drug-likeness (QED) is 0.807. The molecule has 1 aliphatic rings. The molecule has 1 aromatic rings. The number of anilines is 1. The summed E-state index contributed by atoms with van der Waals surface area (Å²) in [6, 6.07) is 9.25. The van der Waals surface area contributed by atoms with Crippen molar-refractivity contribution in [2.24, 2.45) is 0 Å². The van der Waals surface area contributed by atoms with Crippen molar-refractivity contribution in [2.45, 2.75) is 6.42 Å². The van der Waals surface area contributed by atoms with Crippen LogP contribution in [0.25, 0.3) is 0 Å². The van der Waals surface area contributed by atoms with Crippen molar-refractivity contribution in [1.29, 1.82) is 5.26 Å². The number of benzene rings is 1. The molecule has 1 N–H and O–H groups in total. The molecule has 1 saturated heterocycles. The van der Waals surface area contributed by atoms with Crippen molar-refractivity contribution in [2.75, 3.05) is 38.0 Å². The number of amides is 2. The first-order valence-electron chi connectivity index (χ1n) is 6.94. The number of nitrogens with one attached hydrogen (secondary N) is 1. The molecule has 0 spiro atoms. The number of nitriles is 1. The Labute approximate surface area is 123 Å². The van der Waals surface area contributed by atoms with Gasteiger partial charge in [-0.05, 0) is 18.2 Å². The Morgan fingerprint density at radius 3 is 2.76 bits per heavy atom. The van der Waals surface area contributed by atoms with E-state index in [4.69, 9.17) is 5.26 Å². The van der Waals surface area contributed by atoms with Crippen molar-refractivity contribution in [3.05, 3.63) is 29.8 Å². The van der Waals surface area contributed by atoms with E-state index in [0.29, 0.717) is 44.7 Å². The molecular weight excluding hydrogens is 268 g/mol. The zero-order valence-corrected chi connectivity index (χ0v) is 11.8. The minimum absolute atomic E-state index is 0.0875. The van der Waals surface area contributed by atoms with E-state index in [0.717, 1.165) is 12.1 Å². The molecule has 6 heteroatoms. The predicted octanol–water partition coefficient (Wildman–Crippen LogP) is 0.661. The second kappa shape index (κ2) is 7.29. The molecule has 0 radical (unpaired) electrons. The third-order valence-corrected chi connectivity index (χ3v) is 3.48. The Morgan fingerprint density at radius 1 is 1.33 bits per heavy atom. The number of piperazine rings is 1. The summed E-state index contributed by atoms with van der Waals surface area (Å²) in [5, 5.41) is 12.0. The van der Waals surface area contributed by atoms with Crippen LogP contribution in [0.1, 0.15) is 12.0 Å². The molecule has 21 heavy (non-hydrogen) atoms. The lowest BCUT2D eigenvalue weighted by Gasteiger charge is -2.32. The van der Waals surface area contributed by atoms with Crippen LogP contribution in [0.4, 0.5) is 5.69 Å². The Morgan fingerprint density at radius 2 is 2.10 bits per heavy atom. The molecule has 0 aromatic heterocycles. The maximum atomic E-state index is 12.0. The van der Waals surface area contributed by atoms with Crippen LogP contribution in [0.15, 0.2) is 24.3 Å². The molecule has 1 aromatic carbocycles. The van der Waals surface area contributed by atoms with Crippen molar-refractivity contribution < 1.29 is 9.59 Å². The van der Waals surface area contributed by atoms with Gasteiger partial charge in [0.2, 0.25) is 12.3 Å². The summed E-state index contributed by atoms with van der Waals surface area (Å²) in [5.41, 5.74) is 1.43. The average molecular weight is 286 g/mol. The Bertz CT molecular complexity index is 545. The van der Waals surface area contributed by atoms with Gasteiger partial charge in [0.1, 0.15) is 0 Å². The molecule has 0 bridgehead atoms. The Hall–Kier alpha value is -2.55. The van der Waals surface area contributed by atoms with Crippen LogP contribution in [-0.4, -0.2) is 54.8 Å². The number of rotatable bonds is 5. The maximum absolute atomic E-state index is 12.0. The van der Waals surface area contributed by atoms with Crippen LogP contribution in [0.2, 0.25) is 0 Å². The number of carbonyl (C=O) groups is 2. The third kappa shape index (κ3) is 4.21. The van der Waals surface area contributed by atoms with E-state index in [1.807, 2.05) is 6.07 Å². The van der Waals surface area contributed by atoms with Gasteiger partial charge in [0.15, 0.2) is 0 Å². The first-order chi connectivity index (χ1) is 10.2. The molecule has 1 fully saturated rings. The molecule has 2 amide bonds. The van der Waals surface area contributed by atoms with Crippen molar-refractivity contribution in [1.82, 2.24) is 9.80 Å². The van der Waals surface area contributed by atoms with Crippen LogP contribution >= 0.6 is 0 Å². The van der Waals surface area contributed by atoms with Crippen molar-refractivity contribution >= 4 is 18.0 Å². The van der Waals surface area contributed by atoms with Gasteiger partial charge in [0.05, 0.1) is 11.6 Å². The molecule has 0 atom stereocenters. The lowest BCUT2D eigenvalue weighted by molar-refractivity contribution is -0.134. The minimum Gasteiger partial charge on any atom is -0.384 e. The number of nitrogens with zero attached hydrogens (tertiary/aromatic N) is 3. The van der Waals surface area contributed by atoms with Gasteiger partial charge in [-0.25, -0.2) is 0 Å². The van der Waals surface area contributed by atoms with E-state index in [2.05, 4.69) is 11.4 Å². The number of carbonyl (C=O) groups excluding carboxylic acids is 2. The van der Waals surface area contributed by atoms with Gasteiger partial charge in [-0.15, -0.1) is 0 Å². The Kier molecular flexibility index (Phi) is 5.16. The highest BCUT2D eigenvalue weighted by molar-refractivity contribution is 5.77. The highest BCUT2D eigenvalue weighted by Gasteiger charge is 2.19. The molecule has 6 nitrogen and oxygen atoms in total. The van der Waals surface area contributed by atoms with Gasteiger partial charge in [0, 0.05) is 44.8 Å². The van der Waals surface area contributed by atoms with Gasteiger partial charge in [0.25, 0.3) is 0 Å². The largest absolute Gasteiger partial charge is 0.384 e. The highest BCUT2D eigenvalue weighted by atomic mass is 16.2. The van der Waals surface area contributed by atoms with Crippen LogP contribution in [-0.2, 0) is 9.59 Å². The SMILES string of the molecule is N#Cc1cccc(NCCC(=O)N2CCN(C=O)CC2)c1. The second-order valence-electron chi connectivity index (χ2n) is 4.89. The van der Waals surface area contributed by atoms with E-state index in [1.165, 1.54) is 0 Å². The molecule has 110 valence electrons. The fraction of sp³-hybridized carbons (Fsp3) is 0.400. The first-order valence-corrected chi connectivity index (χ1v) is 6.94. The molecule has 2 rings (SSSR count). The zero-order valence-electron chi connectivity index (χ0n) is 11.8. The van der Waals surface area contributed by atoms with Gasteiger partial charge >= 0.3 is 0 Å². The van der Waals surface area contributed by atoms with E-state index < -0.39 is 0 Å². The molecule has 0 saturated carbocycles. The van der Waals surface area contributed by atoms with Crippen LogP contribution < -0.4 is 5.32 Å². The zero-order chi connectivity index (χ0) is 15.1. The van der Waals surface area contributed by atoms with Gasteiger partial charge in [-0.3, -0.25) is 9.59 Å². The summed E-state index contributed by atoms with van der Waals surface area (Å²) in [6.45, 7) is 2.93. The second-order valence-corrected chi connectivity index (χ2v) is 4.89. The summed E-state index contributed by atoms with van der Waals surface area (Å²) in [6.07, 6.45) is 1.23. The molecule has 0 aliphatic carbocycles. The highest BCUT2D eigenvalue weighted by Crippen LogP contribution is 2.10. The van der Waals surface area contributed by atoms with Crippen LogP contribution in [0, 0.1) is 11.3 Å². The summed E-state index contributed by atoms with van der Waals surface area (Å²) < 4.78 is 0. The van der Waals surface area contributed by atoms with E-state index in [-0.39, 0.29) is 5.91 Å². The third-order valence-electron chi connectivity index (χ3n) is 3.48. The van der Waals surface area contributed by atoms with Gasteiger partial charge < -0.3 is 15.1 Å². The summed E-state index contributed by atoms with van der Waals surface area (Å²) in [7, 11) is 0. The predicted molar refractivity (Wildman–Crippen MR) is 78.5 cm³/mol. The molecule has 1 heterocycles. The fourth-order valence-corrected chi connectivity index (χ4v) is 2.25. The summed E-state index contributed by atoms with van der Waals surface area (Å²) in [5.74, 6) is 0.0875. The average Bonchev–Trinajstić information content (AvgIpc) is 2.55. The topological polar surface area (TPSA) is 76.4 Å².